The molecule has 3 rings (SSSR count). The van der Waals surface area contributed by atoms with Crippen molar-refractivity contribution in [3.63, 3.8) is 0 Å². The molecule has 0 spiro atoms. The molecule has 2 aliphatic rings. The highest BCUT2D eigenvalue weighted by Crippen LogP contribution is 2.70. The Morgan fingerprint density at radius 2 is 2.04 bits per heavy atom. The van der Waals surface area contributed by atoms with E-state index >= 15 is 0 Å². The molecule has 0 bridgehead atoms. The Bertz CT molecular complexity index is 799. The van der Waals surface area contributed by atoms with Gasteiger partial charge in [-0.15, -0.1) is 13.2 Å². The SMILES string of the molecule is NC(=O)c1ccc([C@]23C[C@]2(CO)C[C@@H](C(=O)O)N3)c(OC(F)(F)F)c1F. The predicted molar refractivity (Wildman–Crippen MR) is 76.6 cm³/mol. The number of primary amides is 1. The number of aliphatic hydroxyl groups is 1. The normalized spacial score (nSPS) is 30.0. The van der Waals surface area contributed by atoms with E-state index in [1.807, 2.05) is 0 Å². The van der Waals surface area contributed by atoms with Crippen LogP contribution in [0.1, 0.15) is 28.8 Å². The van der Waals surface area contributed by atoms with Crippen molar-refractivity contribution in [2.75, 3.05) is 6.61 Å². The smallest absolute Gasteiger partial charge is 0.480 e. The summed E-state index contributed by atoms with van der Waals surface area (Å²) in [6.07, 6.45) is -5.22. The fourth-order valence-corrected chi connectivity index (χ4v) is 3.81. The molecule has 11 heteroatoms. The van der Waals surface area contributed by atoms with Crippen molar-refractivity contribution in [3.8, 4) is 5.75 Å². The molecule has 1 saturated carbocycles. The van der Waals surface area contributed by atoms with Gasteiger partial charge in [-0.3, -0.25) is 14.9 Å². The highest BCUT2D eigenvalue weighted by atomic mass is 19.4. The van der Waals surface area contributed by atoms with E-state index in [1.54, 1.807) is 0 Å². The van der Waals surface area contributed by atoms with Crippen LogP contribution in [0.25, 0.3) is 0 Å². The Morgan fingerprint density at radius 1 is 1.38 bits per heavy atom. The van der Waals surface area contributed by atoms with Gasteiger partial charge in [-0.1, -0.05) is 6.07 Å². The molecule has 5 N–H and O–H groups in total. The number of halogens is 4. The van der Waals surface area contributed by atoms with Gasteiger partial charge in [0, 0.05) is 11.0 Å². The van der Waals surface area contributed by atoms with Crippen LogP contribution in [0.2, 0.25) is 0 Å². The van der Waals surface area contributed by atoms with Crippen LogP contribution in [0.5, 0.6) is 5.75 Å². The van der Waals surface area contributed by atoms with E-state index < -0.39 is 59.0 Å². The fraction of sp³-hybridized carbons (Fsp3) is 0.467. The number of hydrogen-bond acceptors (Lipinski definition) is 5. The minimum Gasteiger partial charge on any atom is -0.480 e. The predicted octanol–water partition coefficient (Wildman–Crippen LogP) is 0.847. The second-order valence-electron chi connectivity index (χ2n) is 6.48. The number of nitrogens with two attached hydrogens (primary N) is 1. The molecule has 0 aromatic heterocycles. The first-order chi connectivity index (χ1) is 12.0. The van der Waals surface area contributed by atoms with Crippen LogP contribution >= 0.6 is 0 Å². The maximum Gasteiger partial charge on any atom is 0.573 e. The molecule has 0 unspecified atom stereocenters. The van der Waals surface area contributed by atoms with Crippen LogP contribution in [0.4, 0.5) is 17.6 Å². The average molecular weight is 378 g/mol. The number of aliphatic carboxylic acids is 1. The molecule has 142 valence electrons. The Morgan fingerprint density at radius 3 is 2.54 bits per heavy atom. The van der Waals surface area contributed by atoms with Crippen LogP contribution in [-0.2, 0) is 10.3 Å². The summed E-state index contributed by atoms with van der Waals surface area (Å²) < 4.78 is 56.6. The van der Waals surface area contributed by atoms with Gasteiger partial charge in [0.2, 0.25) is 0 Å². The van der Waals surface area contributed by atoms with Crippen molar-refractivity contribution < 1.29 is 42.1 Å². The third kappa shape index (κ3) is 2.58. The number of carboxylic acids is 1. The molecule has 7 nitrogen and oxygen atoms in total. The molecule has 0 radical (unpaired) electrons. The molecular weight excluding hydrogens is 364 g/mol. The van der Waals surface area contributed by atoms with E-state index in [0.717, 1.165) is 12.1 Å². The van der Waals surface area contributed by atoms with Gasteiger partial charge in [0.15, 0.2) is 11.6 Å². The summed E-state index contributed by atoms with van der Waals surface area (Å²) in [7, 11) is 0. The standard InChI is InChI=1S/C15H14F4N2O5/c16-9-6(11(20)23)1-2-7(10(9)26-15(17,18)19)14-4-13(14,5-22)3-8(21-14)12(24)25/h1-2,8,21-22H,3-5H2,(H2,20,23)(H,24,25)/t8-,13-,14+/m0/s1. The summed E-state index contributed by atoms with van der Waals surface area (Å²) in [6.45, 7) is -0.519. The number of rotatable bonds is 5. The molecule has 26 heavy (non-hydrogen) atoms. The van der Waals surface area contributed by atoms with Crippen molar-refractivity contribution in [3.05, 3.63) is 29.1 Å². The molecule has 1 aliphatic heterocycles. The maximum atomic E-state index is 14.5. The highest BCUT2D eigenvalue weighted by Gasteiger charge is 2.74. The van der Waals surface area contributed by atoms with Gasteiger partial charge in [-0.05, 0) is 18.9 Å². The lowest BCUT2D eigenvalue weighted by Crippen LogP contribution is -2.39. The number of nitrogens with one attached hydrogen (secondary N) is 1. The lowest BCUT2D eigenvalue weighted by Gasteiger charge is -2.23. The monoisotopic (exact) mass is 378 g/mol. The average Bonchev–Trinajstić information content (AvgIpc) is 3.04. The zero-order valence-electron chi connectivity index (χ0n) is 13.1. The molecule has 3 atom stereocenters. The minimum atomic E-state index is -5.26. The number of alkyl halides is 3. The van der Waals surface area contributed by atoms with E-state index in [9.17, 15) is 32.3 Å². The number of aliphatic hydroxyl groups excluding tert-OH is 1. The minimum absolute atomic E-state index is 0.0521. The largest absolute Gasteiger partial charge is 0.573 e. The summed E-state index contributed by atoms with van der Waals surface area (Å²) in [5.41, 5.74) is 1.35. The molecule has 2 fully saturated rings. The molecular formula is C15H14F4N2O5. The Hall–Kier alpha value is -2.40. The summed E-state index contributed by atoms with van der Waals surface area (Å²) in [5, 5.41) is 21.5. The van der Waals surface area contributed by atoms with Gasteiger partial charge in [-0.25, -0.2) is 4.39 Å². The third-order valence-electron chi connectivity index (χ3n) is 5.04. The highest BCUT2D eigenvalue weighted by molar-refractivity contribution is 5.93. The van der Waals surface area contributed by atoms with Crippen molar-refractivity contribution in [2.24, 2.45) is 11.1 Å². The van der Waals surface area contributed by atoms with Gasteiger partial charge >= 0.3 is 12.3 Å². The lowest BCUT2D eigenvalue weighted by molar-refractivity contribution is -0.276. The number of benzene rings is 1. The van der Waals surface area contributed by atoms with Crippen molar-refractivity contribution >= 4 is 11.9 Å². The van der Waals surface area contributed by atoms with E-state index in [2.05, 4.69) is 10.1 Å². The van der Waals surface area contributed by atoms with Crippen molar-refractivity contribution in [2.45, 2.75) is 30.8 Å². The van der Waals surface area contributed by atoms with Crippen LogP contribution in [-0.4, -0.2) is 41.1 Å². The van der Waals surface area contributed by atoms with Gasteiger partial charge in [0.05, 0.1) is 17.7 Å². The third-order valence-corrected chi connectivity index (χ3v) is 5.04. The van der Waals surface area contributed by atoms with Gasteiger partial charge < -0.3 is 20.7 Å². The van der Waals surface area contributed by atoms with E-state index in [4.69, 9.17) is 10.8 Å². The Kier molecular flexibility index (Phi) is 3.92. The summed E-state index contributed by atoms with van der Waals surface area (Å²) in [5.74, 6) is -5.40. The number of carbonyl (C=O) groups is 2. The quantitative estimate of drug-likeness (QED) is 0.564. The topological polar surface area (TPSA) is 122 Å². The van der Waals surface area contributed by atoms with Crippen LogP contribution in [0.3, 0.4) is 0 Å². The Labute approximate surface area is 143 Å². The number of ether oxygens (including phenoxy) is 1. The second-order valence-corrected chi connectivity index (χ2v) is 6.48. The number of amides is 1. The van der Waals surface area contributed by atoms with Crippen molar-refractivity contribution in [1.82, 2.24) is 5.32 Å². The summed E-state index contributed by atoms with van der Waals surface area (Å²) in [6, 6.07) is 0.800. The zero-order valence-corrected chi connectivity index (χ0v) is 13.1. The number of fused-ring (bicyclic) bond motifs is 1. The lowest BCUT2D eigenvalue weighted by atomic mass is 9.92. The van der Waals surface area contributed by atoms with Gasteiger partial charge in [0.25, 0.3) is 5.91 Å². The molecule has 1 heterocycles. The summed E-state index contributed by atoms with van der Waals surface area (Å²) in [4.78, 5) is 22.5. The van der Waals surface area contributed by atoms with Gasteiger partial charge in [0.1, 0.15) is 6.04 Å². The molecule has 1 amide bonds. The first-order valence-electron chi connectivity index (χ1n) is 7.46. The molecule has 1 aliphatic carbocycles. The van der Waals surface area contributed by atoms with E-state index in [-0.39, 0.29) is 18.4 Å². The zero-order chi connectivity index (χ0) is 19.5. The van der Waals surface area contributed by atoms with Crippen LogP contribution in [0.15, 0.2) is 12.1 Å². The van der Waals surface area contributed by atoms with Crippen LogP contribution < -0.4 is 15.8 Å². The molecule has 1 saturated heterocycles. The fourth-order valence-electron chi connectivity index (χ4n) is 3.81. The molecule has 1 aromatic rings. The van der Waals surface area contributed by atoms with Crippen molar-refractivity contribution in [1.29, 1.82) is 0 Å². The number of piperidine rings is 1. The van der Waals surface area contributed by atoms with E-state index in [1.165, 1.54) is 0 Å². The second kappa shape index (κ2) is 5.55. The van der Waals surface area contributed by atoms with E-state index in [0.29, 0.717) is 0 Å². The number of carbonyl (C=O) groups excluding carboxylic acids is 1. The van der Waals surface area contributed by atoms with Crippen LogP contribution in [0, 0.1) is 11.2 Å². The maximum absolute atomic E-state index is 14.5. The number of hydrogen-bond donors (Lipinski definition) is 4. The molecule has 1 aromatic carbocycles. The first-order valence-corrected chi connectivity index (χ1v) is 7.46. The Balaban J connectivity index is 2.15. The summed E-state index contributed by atoms with van der Waals surface area (Å²) >= 11 is 0. The number of carboxylic acid groups (broad SMARTS) is 1. The van der Waals surface area contributed by atoms with Gasteiger partial charge in [-0.2, -0.15) is 0 Å². The first kappa shape index (κ1) is 18.4.